The van der Waals surface area contributed by atoms with E-state index in [2.05, 4.69) is 36.5 Å². The van der Waals surface area contributed by atoms with Gasteiger partial charge in [0.2, 0.25) is 0 Å². The number of anilines is 1. The van der Waals surface area contributed by atoms with Crippen LogP contribution in [-0.4, -0.2) is 16.0 Å². The molecule has 1 aliphatic carbocycles. The highest BCUT2D eigenvalue weighted by molar-refractivity contribution is 5.83. The first-order valence-electron chi connectivity index (χ1n) is 8.90. The summed E-state index contributed by atoms with van der Waals surface area (Å²) in [5.41, 5.74) is 5.24. The van der Waals surface area contributed by atoms with Crippen LogP contribution in [0, 0.1) is 6.92 Å². The fourth-order valence-electron chi connectivity index (χ4n) is 3.45. The first-order valence-corrected chi connectivity index (χ1v) is 8.90. The molecule has 1 aromatic heterocycles. The lowest BCUT2D eigenvalue weighted by Crippen LogP contribution is -2.23. The van der Waals surface area contributed by atoms with Crippen molar-refractivity contribution in [2.75, 3.05) is 5.32 Å². The standard InChI is InChI=1S/C21H23N3/c1-15-11-13-16(14-12-15)20-21(22-17-7-3-2-4-8-17)24-19-10-6-5-9-18(19)23-20/h5-6,9-14,17H,2-4,7-8H2,1H3,(H,22,24). The largest absolute Gasteiger partial charge is 0.366 e. The zero-order chi connectivity index (χ0) is 16.4. The normalized spacial score (nSPS) is 15.5. The lowest BCUT2D eigenvalue weighted by Gasteiger charge is -2.24. The molecule has 1 saturated carbocycles. The summed E-state index contributed by atoms with van der Waals surface area (Å²) in [6, 6.07) is 17.2. The van der Waals surface area contributed by atoms with E-state index in [9.17, 15) is 0 Å². The van der Waals surface area contributed by atoms with Crippen molar-refractivity contribution in [3.8, 4) is 11.3 Å². The Hall–Kier alpha value is -2.42. The minimum absolute atomic E-state index is 0.512. The molecular formula is C21H23N3. The molecule has 0 spiro atoms. The molecular weight excluding hydrogens is 294 g/mol. The SMILES string of the molecule is Cc1ccc(-c2nc3ccccc3nc2NC2CCCCC2)cc1. The van der Waals surface area contributed by atoms with Crippen molar-refractivity contribution in [3.05, 3.63) is 54.1 Å². The van der Waals surface area contributed by atoms with Crippen LogP contribution in [0.1, 0.15) is 37.7 Å². The van der Waals surface area contributed by atoms with E-state index in [0.29, 0.717) is 6.04 Å². The van der Waals surface area contributed by atoms with Crippen molar-refractivity contribution in [1.82, 2.24) is 9.97 Å². The zero-order valence-electron chi connectivity index (χ0n) is 14.1. The molecule has 2 aromatic carbocycles. The van der Waals surface area contributed by atoms with Crippen LogP contribution in [-0.2, 0) is 0 Å². The van der Waals surface area contributed by atoms with Crippen LogP contribution in [0.15, 0.2) is 48.5 Å². The third-order valence-electron chi connectivity index (χ3n) is 4.84. The number of aromatic nitrogens is 2. The molecule has 0 radical (unpaired) electrons. The second kappa shape index (κ2) is 6.60. The molecule has 0 saturated heterocycles. The van der Waals surface area contributed by atoms with E-state index < -0.39 is 0 Å². The average molecular weight is 317 g/mol. The summed E-state index contributed by atoms with van der Waals surface area (Å²) in [4.78, 5) is 9.81. The van der Waals surface area contributed by atoms with Crippen LogP contribution in [0.25, 0.3) is 22.3 Å². The van der Waals surface area contributed by atoms with Crippen LogP contribution in [0.3, 0.4) is 0 Å². The van der Waals surface area contributed by atoms with Gasteiger partial charge in [0.25, 0.3) is 0 Å². The minimum atomic E-state index is 0.512. The highest BCUT2D eigenvalue weighted by Gasteiger charge is 2.17. The van der Waals surface area contributed by atoms with Crippen LogP contribution in [0.5, 0.6) is 0 Å². The van der Waals surface area contributed by atoms with Gasteiger partial charge in [-0.2, -0.15) is 0 Å². The Labute approximate surface area is 143 Å². The quantitative estimate of drug-likeness (QED) is 0.707. The van der Waals surface area contributed by atoms with E-state index >= 15 is 0 Å². The fourth-order valence-corrected chi connectivity index (χ4v) is 3.45. The Morgan fingerprint density at radius 3 is 2.21 bits per heavy atom. The number of benzene rings is 2. The molecule has 0 unspecified atom stereocenters. The number of para-hydroxylation sites is 2. The Morgan fingerprint density at radius 1 is 0.833 bits per heavy atom. The summed E-state index contributed by atoms with van der Waals surface area (Å²) in [6.07, 6.45) is 6.41. The van der Waals surface area contributed by atoms with E-state index in [4.69, 9.17) is 9.97 Å². The van der Waals surface area contributed by atoms with Gasteiger partial charge in [0.05, 0.1) is 11.0 Å². The second-order valence-corrected chi connectivity index (χ2v) is 6.75. The molecule has 1 aliphatic rings. The first kappa shape index (κ1) is 15.1. The molecule has 122 valence electrons. The maximum atomic E-state index is 4.92. The highest BCUT2D eigenvalue weighted by atomic mass is 15.0. The van der Waals surface area contributed by atoms with Gasteiger partial charge in [-0.3, -0.25) is 0 Å². The molecule has 1 heterocycles. The Bertz CT molecular complexity index is 833. The lowest BCUT2D eigenvalue weighted by atomic mass is 9.95. The van der Waals surface area contributed by atoms with E-state index in [1.807, 2.05) is 24.3 Å². The molecule has 3 nitrogen and oxygen atoms in total. The minimum Gasteiger partial charge on any atom is -0.366 e. The molecule has 0 aliphatic heterocycles. The maximum absolute atomic E-state index is 4.92. The zero-order valence-corrected chi connectivity index (χ0v) is 14.1. The number of nitrogens with one attached hydrogen (secondary N) is 1. The number of rotatable bonds is 3. The second-order valence-electron chi connectivity index (χ2n) is 6.75. The predicted molar refractivity (Wildman–Crippen MR) is 100 cm³/mol. The van der Waals surface area contributed by atoms with Gasteiger partial charge in [0.1, 0.15) is 5.69 Å². The van der Waals surface area contributed by atoms with Gasteiger partial charge in [-0.05, 0) is 31.9 Å². The molecule has 1 fully saturated rings. The first-order chi connectivity index (χ1) is 11.8. The molecule has 3 heteroatoms. The molecule has 0 amide bonds. The number of nitrogens with zero attached hydrogens (tertiary/aromatic N) is 2. The summed E-state index contributed by atoms with van der Waals surface area (Å²) in [6.45, 7) is 2.11. The highest BCUT2D eigenvalue weighted by Crippen LogP contribution is 2.30. The smallest absolute Gasteiger partial charge is 0.153 e. The van der Waals surface area contributed by atoms with Gasteiger partial charge in [0, 0.05) is 11.6 Å². The van der Waals surface area contributed by atoms with Gasteiger partial charge in [-0.15, -0.1) is 0 Å². The van der Waals surface area contributed by atoms with Gasteiger partial charge in [-0.25, -0.2) is 9.97 Å². The average Bonchev–Trinajstić information content (AvgIpc) is 2.63. The van der Waals surface area contributed by atoms with Gasteiger partial charge >= 0.3 is 0 Å². The summed E-state index contributed by atoms with van der Waals surface area (Å²) < 4.78 is 0. The summed E-state index contributed by atoms with van der Waals surface area (Å²) in [7, 11) is 0. The molecule has 1 N–H and O–H groups in total. The Morgan fingerprint density at radius 2 is 1.50 bits per heavy atom. The van der Waals surface area contributed by atoms with Crippen molar-refractivity contribution >= 4 is 16.9 Å². The number of fused-ring (bicyclic) bond motifs is 1. The summed E-state index contributed by atoms with van der Waals surface area (Å²) in [5, 5.41) is 3.68. The van der Waals surface area contributed by atoms with Gasteiger partial charge in [0.15, 0.2) is 5.82 Å². The number of aryl methyl sites for hydroxylation is 1. The summed E-state index contributed by atoms with van der Waals surface area (Å²) in [5.74, 6) is 0.921. The monoisotopic (exact) mass is 317 g/mol. The van der Waals surface area contributed by atoms with E-state index in [1.54, 1.807) is 0 Å². The Balaban J connectivity index is 1.79. The molecule has 24 heavy (non-hydrogen) atoms. The molecule has 4 rings (SSSR count). The van der Waals surface area contributed by atoms with Crippen LogP contribution < -0.4 is 5.32 Å². The van der Waals surface area contributed by atoms with Crippen molar-refractivity contribution in [1.29, 1.82) is 0 Å². The Kier molecular flexibility index (Phi) is 4.16. The molecule has 0 bridgehead atoms. The number of hydrogen-bond acceptors (Lipinski definition) is 3. The third kappa shape index (κ3) is 3.12. The van der Waals surface area contributed by atoms with Crippen molar-refractivity contribution in [3.63, 3.8) is 0 Å². The van der Waals surface area contributed by atoms with Crippen LogP contribution in [0.2, 0.25) is 0 Å². The fraction of sp³-hybridized carbons (Fsp3) is 0.333. The predicted octanol–water partition coefficient (Wildman–Crippen LogP) is 5.35. The van der Waals surface area contributed by atoms with Crippen LogP contribution in [0.4, 0.5) is 5.82 Å². The van der Waals surface area contributed by atoms with E-state index in [1.165, 1.54) is 37.7 Å². The van der Waals surface area contributed by atoms with Crippen molar-refractivity contribution in [2.45, 2.75) is 45.1 Å². The molecule has 3 aromatic rings. The van der Waals surface area contributed by atoms with Crippen LogP contribution >= 0.6 is 0 Å². The number of hydrogen-bond donors (Lipinski definition) is 1. The van der Waals surface area contributed by atoms with Crippen molar-refractivity contribution in [2.24, 2.45) is 0 Å². The van der Waals surface area contributed by atoms with E-state index in [-0.39, 0.29) is 0 Å². The molecule has 0 atom stereocenters. The maximum Gasteiger partial charge on any atom is 0.153 e. The van der Waals surface area contributed by atoms with E-state index in [0.717, 1.165) is 28.1 Å². The van der Waals surface area contributed by atoms with Gasteiger partial charge in [-0.1, -0.05) is 61.2 Å². The van der Waals surface area contributed by atoms with Crippen molar-refractivity contribution < 1.29 is 0 Å². The topological polar surface area (TPSA) is 37.8 Å². The lowest BCUT2D eigenvalue weighted by molar-refractivity contribution is 0.462. The van der Waals surface area contributed by atoms with Gasteiger partial charge < -0.3 is 5.32 Å². The summed E-state index contributed by atoms with van der Waals surface area (Å²) >= 11 is 0. The third-order valence-corrected chi connectivity index (χ3v) is 4.84.